The second-order valence-electron chi connectivity index (χ2n) is 15.6. The van der Waals surface area contributed by atoms with Crippen molar-refractivity contribution >= 4 is 35.1 Å². The molecule has 294 valence electrons. The molecule has 12 heteroatoms. The predicted molar refractivity (Wildman–Crippen MR) is 208 cm³/mol. The van der Waals surface area contributed by atoms with Crippen LogP contribution in [0.3, 0.4) is 0 Å². The molecule has 0 aromatic heterocycles. The average Bonchev–Trinajstić information content (AvgIpc) is 3.91. The number of aliphatic imine (C=N–C) groups is 1. The van der Waals surface area contributed by atoms with Gasteiger partial charge in [0.2, 0.25) is 11.8 Å². The van der Waals surface area contributed by atoms with E-state index in [0.717, 1.165) is 11.1 Å². The second kappa shape index (κ2) is 19.9. The standard InChI is InChI=1S/C42H59N5O7/c1-29(2)24-35(38(49)42(5)28-54-42)45(6)41(52)34(26-32-16-12-9-13-17-32)44-39(50)36(25-30(3)4)46(7)40(51)33(19-18-31-14-10-8-11-15-31)43-37(48)27-47-20-22-53-23-21-47/h8-17,29-30,34-36H,18-28H2,1-7H3,(H,44,50)/t34-,35+,36+,42-/m0/s1. The van der Waals surface area contributed by atoms with Crippen LogP contribution in [-0.2, 0) is 46.3 Å². The zero-order chi connectivity index (χ0) is 39.4. The van der Waals surface area contributed by atoms with E-state index >= 15 is 0 Å². The fraction of sp³-hybridized carbons (Fsp3) is 0.571. The van der Waals surface area contributed by atoms with Gasteiger partial charge in [0, 0.05) is 33.6 Å². The van der Waals surface area contributed by atoms with Gasteiger partial charge < -0.3 is 24.6 Å². The fourth-order valence-corrected chi connectivity index (χ4v) is 6.69. The van der Waals surface area contributed by atoms with E-state index in [1.807, 2.05) is 93.3 Å². The van der Waals surface area contributed by atoms with Crippen LogP contribution in [0.5, 0.6) is 0 Å². The Labute approximate surface area is 320 Å². The van der Waals surface area contributed by atoms with Gasteiger partial charge in [-0.1, -0.05) is 88.4 Å². The smallest absolute Gasteiger partial charge is 0.268 e. The van der Waals surface area contributed by atoms with Crippen molar-refractivity contribution in [2.45, 2.75) is 90.4 Å². The summed E-state index contributed by atoms with van der Waals surface area (Å²) in [7, 11) is 3.15. The van der Waals surface area contributed by atoms with Crippen LogP contribution in [0.4, 0.5) is 0 Å². The number of amides is 4. The molecule has 0 bridgehead atoms. The third-order valence-electron chi connectivity index (χ3n) is 10.1. The number of ether oxygens (including phenoxy) is 2. The van der Waals surface area contributed by atoms with Gasteiger partial charge in [0.15, 0.2) is 5.78 Å². The van der Waals surface area contributed by atoms with Gasteiger partial charge in [-0.25, -0.2) is 4.99 Å². The van der Waals surface area contributed by atoms with Gasteiger partial charge >= 0.3 is 0 Å². The van der Waals surface area contributed by atoms with Gasteiger partial charge in [0.25, 0.3) is 11.8 Å². The lowest BCUT2D eigenvalue weighted by Crippen LogP contribution is -2.58. The summed E-state index contributed by atoms with van der Waals surface area (Å²) < 4.78 is 10.9. The lowest BCUT2D eigenvalue weighted by molar-refractivity contribution is -0.144. The molecule has 0 radical (unpaired) electrons. The summed E-state index contributed by atoms with van der Waals surface area (Å²) in [6.45, 7) is 12.3. The molecular weight excluding hydrogens is 686 g/mol. The molecule has 2 aliphatic rings. The highest BCUT2D eigenvalue weighted by atomic mass is 16.6. The van der Waals surface area contributed by atoms with E-state index in [1.54, 1.807) is 21.0 Å². The van der Waals surface area contributed by atoms with Crippen LogP contribution in [0.25, 0.3) is 0 Å². The van der Waals surface area contributed by atoms with Crippen molar-refractivity contribution in [1.82, 2.24) is 20.0 Å². The van der Waals surface area contributed by atoms with Gasteiger partial charge in [0.1, 0.15) is 23.4 Å². The van der Waals surface area contributed by atoms with Crippen LogP contribution in [0.15, 0.2) is 65.7 Å². The van der Waals surface area contributed by atoms with E-state index in [0.29, 0.717) is 52.2 Å². The van der Waals surface area contributed by atoms with E-state index in [2.05, 4.69) is 10.3 Å². The minimum atomic E-state index is -1.03. The largest absolute Gasteiger partial charge is 0.379 e. The molecule has 0 spiro atoms. The second-order valence-corrected chi connectivity index (χ2v) is 15.6. The lowest BCUT2D eigenvalue weighted by atomic mass is 9.91. The van der Waals surface area contributed by atoms with Gasteiger partial charge in [-0.05, 0) is 55.6 Å². The van der Waals surface area contributed by atoms with E-state index in [1.165, 1.54) is 9.80 Å². The fourth-order valence-electron chi connectivity index (χ4n) is 6.69. The Morgan fingerprint density at radius 2 is 1.39 bits per heavy atom. The first-order valence-electron chi connectivity index (χ1n) is 19.2. The summed E-state index contributed by atoms with van der Waals surface area (Å²) in [5.74, 6) is -1.91. The molecule has 4 amide bonds. The molecule has 1 N–H and O–H groups in total. The Balaban J connectivity index is 1.61. The van der Waals surface area contributed by atoms with Gasteiger partial charge in [-0.3, -0.25) is 28.9 Å². The van der Waals surface area contributed by atoms with Crippen molar-refractivity contribution in [3.63, 3.8) is 0 Å². The topological polar surface area (TPSA) is 141 Å². The molecule has 2 saturated heterocycles. The number of nitrogens with zero attached hydrogens (tertiary/aromatic N) is 4. The lowest BCUT2D eigenvalue weighted by Gasteiger charge is -2.34. The number of carbonyl (C=O) groups excluding carboxylic acids is 5. The predicted octanol–water partition coefficient (Wildman–Crippen LogP) is 3.75. The van der Waals surface area contributed by atoms with Crippen molar-refractivity contribution in [2.75, 3.05) is 53.6 Å². The molecule has 0 unspecified atom stereocenters. The number of rotatable bonds is 19. The molecule has 12 nitrogen and oxygen atoms in total. The quantitative estimate of drug-likeness (QED) is 0.170. The number of nitrogens with one attached hydrogen (secondary N) is 1. The molecule has 2 aromatic carbocycles. The Bertz CT molecular complexity index is 1600. The highest BCUT2D eigenvalue weighted by Gasteiger charge is 2.51. The van der Waals surface area contributed by atoms with Crippen molar-refractivity contribution in [1.29, 1.82) is 0 Å². The van der Waals surface area contributed by atoms with E-state index in [4.69, 9.17) is 9.47 Å². The van der Waals surface area contributed by atoms with Crippen molar-refractivity contribution < 1.29 is 33.4 Å². The number of morpholine rings is 1. The number of hydrogen-bond donors (Lipinski definition) is 1. The maximum atomic E-state index is 14.4. The monoisotopic (exact) mass is 745 g/mol. The molecule has 2 fully saturated rings. The van der Waals surface area contributed by atoms with Crippen LogP contribution >= 0.6 is 0 Å². The SMILES string of the molecule is CC(C)C[C@H](C(=O)N[C@@H](Cc1ccccc1)C(=O)N(C)[C@H](CC(C)C)C(=O)[C@]1(C)CO1)N(C)C(=O)C(CCc1ccccc1)=NC(=O)CN1CCOCC1. The summed E-state index contributed by atoms with van der Waals surface area (Å²) in [5, 5.41) is 2.99. The maximum absolute atomic E-state index is 14.4. The van der Waals surface area contributed by atoms with E-state index in [-0.39, 0.29) is 42.7 Å². The molecule has 54 heavy (non-hydrogen) atoms. The molecule has 4 rings (SSSR count). The summed E-state index contributed by atoms with van der Waals surface area (Å²) in [5.41, 5.74) is 0.957. The molecule has 4 atom stereocenters. The summed E-state index contributed by atoms with van der Waals surface area (Å²) in [6, 6.07) is 16.3. The van der Waals surface area contributed by atoms with Crippen LogP contribution in [0.1, 0.15) is 65.0 Å². The average molecular weight is 746 g/mol. The maximum Gasteiger partial charge on any atom is 0.268 e. The van der Waals surface area contributed by atoms with E-state index in [9.17, 15) is 24.0 Å². The number of ketones is 1. The zero-order valence-corrected chi connectivity index (χ0v) is 33.1. The first-order valence-corrected chi connectivity index (χ1v) is 19.2. The molecule has 2 heterocycles. The van der Waals surface area contributed by atoms with Crippen LogP contribution in [0.2, 0.25) is 0 Å². The van der Waals surface area contributed by atoms with Crippen molar-refractivity contribution in [3.05, 3.63) is 71.8 Å². The minimum absolute atomic E-state index is 0.00179. The first-order chi connectivity index (χ1) is 25.7. The van der Waals surface area contributed by atoms with Crippen molar-refractivity contribution in [2.24, 2.45) is 16.8 Å². The Morgan fingerprint density at radius 1 is 0.833 bits per heavy atom. The molecule has 2 aliphatic heterocycles. The van der Waals surface area contributed by atoms with Crippen LogP contribution < -0.4 is 5.32 Å². The zero-order valence-electron chi connectivity index (χ0n) is 33.1. The van der Waals surface area contributed by atoms with Crippen LogP contribution in [0, 0.1) is 11.8 Å². The summed E-state index contributed by atoms with van der Waals surface area (Å²) in [6.07, 6.45) is 1.60. The van der Waals surface area contributed by atoms with E-state index < -0.39 is 47.4 Å². The van der Waals surface area contributed by atoms with Gasteiger partial charge in [-0.2, -0.15) is 0 Å². The number of likely N-dealkylation sites (N-methyl/N-ethyl adjacent to an activating group) is 2. The Hall–Kier alpha value is -4.26. The normalized spacial score (nSPS) is 19.2. The Morgan fingerprint density at radius 3 is 1.94 bits per heavy atom. The third kappa shape index (κ3) is 12.4. The molecular formula is C42H59N5O7. The third-order valence-corrected chi connectivity index (χ3v) is 10.1. The van der Waals surface area contributed by atoms with Crippen LogP contribution in [-0.4, -0.2) is 127 Å². The minimum Gasteiger partial charge on any atom is -0.379 e. The highest BCUT2D eigenvalue weighted by molar-refractivity contribution is 6.40. The Kier molecular flexibility index (Phi) is 15.6. The van der Waals surface area contributed by atoms with Crippen molar-refractivity contribution in [3.8, 4) is 0 Å². The highest BCUT2D eigenvalue weighted by Crippen LogP contribution is 2.31. The number of aryl methyl sites for hydroxylation is 1. The first kappa shape index (κ1) is 42.5. The summed E-state index contributed by atoms with van der Waals surface area (Å²) in [4.78, 5) is 79.0. The molecule has 2 aromatic rings. The molecule has 0 saturated carbocycles. The number of carbonyl (C=O) groups is 5. The number of epoxide rings is 1. The van der Waals surface area contributed by atoms with Gasteiger partial charge in [-0.15, -0.1) is 0 Å². The number of hydrogen-bond acceptors (Lipinski definition) is 8. The molecule has 0 aliphatic carbocycles. The number of benzene rings is 2. The number of Topliss-reactive ketones (excluding diaryl/α,β-unsaturated/α-hetero) is 1. The summed E-state index contributed by atoms with van der Waals surface area (Å²) >= 11 is 0. The van der Waals surface area contributed by atoms with Gasteiger partial charge in [0.05, 0.1) is 32.4 Å².